The molecule has 1 amide bonds. The number of rotatable bonds is 7. The average molecular weight is 347 g/mol. The highest BCUT2D eigenvalue weighted by Gasteiger charge is 2.16. The van der Waals surface area contributed by atoms with Gasteiger partial charge in [0, 0.05) is 44.5 Å². The Kier molecular flexibility index (Phi) is 6.34. The average Bonchev–Trinajstić information content (AvgIpc) is 3.03. The topological polar surface area (TPSA) is 45.7 Å². The molecule has 0 unspecified atom stereocenters. The lowest BCUT2D eigenvalue weighted by molar-refractivity contribution is -0.117. The molecule has 0 fully saturated rings. The fraction of sp³-hybridized carbons (Fsp3) is 0.444. The molecule has 24 heavy (non-hydrogen) atoms. The number of benzene rings is 1. The van der Waals surface area contributed by atoms with E-state index in [1.54, 1.807) is 11.9 Å². The fourth-order valence-corrected chi connectivity index (χ4v) is 3.13. The number of amides is 1. The molecule has 130 valence electrons. The Hall–Kier alpha value is -1.92. The highest BCUT2D eigenvalue weighted by atomic mass is 32.1. The fourth-order valence-electron chi connectivity index (χ4n) is 2.30. The van der Waals surface area contributed by atoms with Crippen LogP contribution in [0, 0.1) is 0 Å². The van der Waals surface area contributed by atoms with Crippen LogP contribution in [0.5, 0.6) is 0 Å². The van der Waals surface area contributed by atoms with E-state index in [9.17, 15) is 4.79 Å². The van der Waals surface area contributed by atoms with Crippen LogP contribution in [0.15, 0.2) is 29.6 Å². The lowest BCUT2D eigenvalue weighted by Crippen LogP contribution is -2.28. The predicted molar refractivity (Wildman–Crippen MR) is 100 cm³/mol. The van der Waals surface area contributed by atoms with Gasteiger partial charge in [0.2, 0.25) is 5.91 Å². The number of aromatic nitrogens is 1. The molecule has 2 rings (SSSR count). The summed E-state index contributed by atoms with van der Waals surface area (Å²) >= 11 is 1.54. The molecule has 0 bridgehead atoms. The first-order chi connectivity index (χ1) is 11.4. The molecule has 0 spiro atoms. The summed E-state index contributed by atoms with van der Waals surface area (Å²) in [5.74, 6) is 0.0218. The van der Waals surface area contributed by atoms with E-state index in [0.717, 1.165) is 22.1 Å². The monoisotopic (exact) mass is 347 g/mol. The van der Waals surface area contributed by atoms with Crippen molar-refractivity contribution >= 4 is 28.6 Å². The second kappa shape index (κ2) is 8.26. The van der Waals surface area contributed by atoms with Crippen molar-refractivity contribution in [3.8, 4) is 0 Å². The third-order valence-corrected chi connectivity index (χ3v) is 4.85. The highest BCUT2D eigenvalue weighted by Crippen LogP contribution is 2.23. The number of ether oxygens (including phenoxy) is 1. The molecule has 5 nitrogen and oxygen atoms in total. The van der Waals surface area contributed by atoms with Gasteiger partial charge in [-0.05, 0) is 38.1 Å². The first kappa shape index (κ1) is 18.4. The molecule has 1 heterocycles. The van der Waals surface area contributed by atoms with Crippen LogP contribution < -0.4 is 9.80 Å². The number of carbonyl (C=O) groups is 1. The first-order valence-electron chi connectivity index (χ1n) is 8.02. The Morgan fingerprint density at radius 1 is 1.21 bits per heavy atom. The van der Waals surface area contributed by atoms with Crippen LogP contribution >= 0.6 is 11.3 Å². The van der Waals surface area contributed by atoms with Crippen LogP contribution in [0.3, 0.4) is 0 Å². The highest BCUT2D eigenvalue weighted by molar-refractivity contribution is 7.09. The molecule has 1 aromatic carbocycles. The zero-order valence-electron chi connectivity index (χ0n) is 14.9. The smallest absolute Gasteiger partial charge is 0.232 e. The summed E-state index contributed by atoms with van der Waals surface area (Å²) in [7, 11) is 5.78. The standard InChI is InChI=1S/C18H25N3O2S/c1-6-23-13(2)18-19-14(12-24-18)11-17(22)21(5)16-9-7-15(8-10-16)20(3)4/h7-10,12-13H,6,11H2,1-5H3/t13-/m1/s1. The molecule has 0 N–H and O–H groups in total. The van der Waals surface area contributed by atoms with E-state index in [-0.39, 0.29) is 12.0 Å². The van der Waals surface area contributed by atoms with Gasteiger partial charge in [-0.25, -0.2) is 4.98 Å². The van der Waals surface area contributed by atoms with E-state index in [1.165, 1.54) is 11.3 Å². The summed E-state index contributed by atoms with van der Waals surface area (Å²) in [5.41, 5.74) is 2.78. The van der Waals surface area contributed by atoms with Crippen LogP contribution in [0.4, 0.5) is 11.4 Å². The molecule has 1 atom stereocenters. The Morgan fingerprint density at radius 2 is 1.83 bits per heavy atom. The summed E-state index contributed by atoms with van der Waals surface area (Å²) < 4.78 is 5.54. The Bertz CT molecular complexity index is 667. The molecular formula is C18H25N3O2S. The number of anilines is 2. The van der Waals surface area contributed by atoms with Gasteiger partial charge < -0.3 is 14.5 Å². The van der Waals surface area contributed by atoms with Crippen molar-refractivity contribution in [2.75, 3.05) is 37.5 Å². The van der Waals surface area contributed by atoms with Crippen molar-refractivity contribution < 1.29 is 9.53 Å². The van der Waals surface area contributed by atoms with Gasteiger partial charge in [-0.2, -0.15) is 0 Å². The van der Waals surface area contributed by atoms with Gasteiger partial charge in [-0.3, -0.25) is 4.79 Å². The van der Waals surface area contributed by atoms with Gasteiger partial charge in [0.25, 0.3) is 0 Å². The molecule has 0 aliphatic heterocycles. The Labute approximate surface area is 147 Å². The maximum atomic E-state index is 12.5. The molecule has 0 aliphatic carbocycles. The molecule has 0 aliphatic rings. The molecule has 0 saturated carbocycles. The van der Waals surface area contributed by atoms with E-state index in [0.29, 0.717) is 13.0 Å². The molecule has 0 saturated heterocycles. The molecule has 1 aromatic heterocycles. The van der Waals surface area contributed by atoms with E-state index >= 15 is 0 Å². The van der Waals surface area contributed by atoms with Gasteiger partial charge in [-0.15, -0.1) is 11.3 Å². The number of likely N-dealkylation sites (N-methyl/N-ethyl adjacent to an activating group) is 1. The number of hydrogen-bond acceptors (Lipinski definition) is 5. The van der Waals surface area contributed by atoms with E-state index in [4.69, 9.17) is 4.74 Å². The minimum atomic E-state index is -0.0276. The van der Waals surface area contributed by atoms with Crippen molar-refractivity contribution in [3.63, 3.8) is 0 Å². The van der Waals surface area contributed by atoms with Gasteiger partial charge in [-0.1, -0.05) is 0 Å². The maximum absolute atomic E-state index is 12.5. The SMILES string of the molecule is CCO[C@H](C)c1nc(CC(=O)N(C)c2ccc(N(C)C)cc2)cs1. The minimum absolute atomic E-state index is 0.0218. The quantitative estimate of drug-likeness (QED) is 0.769. The third kappa shape index (κ3) is 4.55. The zero-order valence-corrected chi connectivity index (χ0v) is 15.8. The minimum Gasteiger partial charge on any atom is -0.378 e. The number of nitrogens with zero attached hydrogens (tertiary/aromatic N) is 3. The van der Waals surface area contributed by atoms with Crippen molar-refractivity contribution in [1.29, 1.82) is 0 Å². The normalized spacial score (nSPS) is 12.0. The van der Waals surface area contributed by atoms with E-state index < -0.39 is 0 Å². The van der Waals surface area contributed by atoms with Crippen molar-refractivity contribution in [2.24, 2.45) is 0 Å². The van der Waals surface area contributed by atoms with Gasteiger partial charge in [0.15, 0.2) is 0 Å². The number of thiazole rings is 1. The summed E-state index contributed by atoms with van der Waals surface area (Å²) in [6.07, 6.45) is 0.265. The van der Waals surface area contributed by atoms with Crippen LogP contribution in [-0.2, 0) is 16.0 Å². The van der Waals surface area contributed by atoms with Crippen LogP contribution in [-0.4, -0.2) is 38.6 Å². The summed E-state index contributed by atoms with van der Waals surface area (Å²) in [6, 6.07) is 7.92. The summed E-state index contributed by atoms with van der Waals surface area (Å²) in [5, 5.41) is 2.85. The summed E-state index contributed by atoms with van der Waals surface area (Å²) in [4.78, 5) is 20.7. The lowest BCUT2D eigenvalue weighted by atomic mass is 10.2. The Balaban J connectivity index is 2.01. The van der Waals surface area contributed by atoms with Crippen LogP contribution in [0.1, 0.15) is 30.7 Å². The first-order valence-corrected chi connectivity index (χ1v) is 8.90. The largest absolute Gasteiger partial charge is 0.378 e. The number of hydrogen-bond donors (Lipinski definition) is 0. The maximum Gasteiger partial charge on any atom is 0.232 e. The van der Waals surface area contributed by atoms with Crippen molar-refractivity contribution in [2.45, 2.75) is 26.4 Å². The van der Waals surface area contributed by atoms with Gasteiger partial charge in [0.1, 0.15) is 11.1 Å². The predicted octanol–water partition coefficient (Wildman–Crippen LogP) is 3.51. The van der Waals surface area contributed by atoms with Crippen LogP contribution in [0.25, 0.3) is 0 Å². The molecular weight excluding hydrogens is 322 g/mol. The molecule has 0 radical (unpaired) electrons. The number of carbonyl (C=O) groups excluding carboxylic acids is 1. The summed E-state index contributed by atoms with van der Waals surface area (Å²) in [6.45, 7) is 4.60. The van der Waals surface area contributed by atoms with Crippen molar-refractivity contribution in [3.05, 3.63) is 40.3 Å². The van der Waals surface area contributed by atoms with Gasteiger partial charge >= 0.3 is 0 Å². The van der Waals surface area contributed by atoms with Crippen LogP contribution in [0.2, 0.25) is 0 Å². The third-order valence-electron chi connectivity index (χ3n) is 3.79. The second-order valence-electron chi connectivity index (χ2n) is 5.82. The zero-order chi connectivity index (χ0) is 17.7. The van der Waals surface area contributed by atoms with E-state index in [1.807, 2.05) is 62.5 Å². The molecule has 2 aromatic rings. The van der Waals surface area contributed by atoms with Crippen molar-refractivity contribution in [1.82, 2.24) is 4.98 Å². The van der Waals surface area contributed by atoms with Gasteiger partial charge in [0.05, 0.1) is 12.1 Å². The molecule has 6 heteroatoms. The Morgan fingerprint density at radius 3 is 2.42 bits per heavy atom. The van der Waals surface area contributed by atoms with E-state index in [2.05, 4.69) is 4.98 Å². The lowest BCUT2D eigenvalue weighted by Gasteiger charge is -2.19. The second-order valence-corrected chi connectivity index (χ2v) is 6.70.